The zero-order chi connectivity index (χ0) is 9.26. The molecule has 0 aromatic heterocycles. The van der Waals surface area contributed by atoms with Gasteiger partial charge in [-0.05, 0) is 6.92 Å². The second-order valence-electron chi connectivity index (χ2n) is 2.95. The number of carbonyl (C=O) groups is 1. The van der Waals surface area contributed by atoms with Gasteiger partial charge in [-0.3, -0.25) is 4.79 Å². The molecular formula is C11H9O2Y-. The quantitative estimate of drug-likeness (QED) is 0.570. The van der Waals surface area contributed by atoms with E-state index in [1.165, 1.54) is 0 Å². The normalized spacial score (nSPS) is 19.6. The molecule has 1 unspecified atom stereocenters. The predicted octanol–water partition coefficient (Wildman–Crippen LogP) is 1.82. The Morgan fingerprint density at radius 2 is 1.93 bits per heavy atom. The van der Waals surface area contributed by atoms with Crippen molar-refractivity contribution in [2.45, 2.75) is 13.0 Å². The van der Waals surface area contributed by atoms with Gasteiger partial charge in [0, 0.05) is 32.7 Å². The Bertz CT molecular complexity index is 357. The molecule has 14 heavy (non-hydrogen) atoms. The molecule has 69 valence electrons. The van der Waals surface area contributed by atoms with Crippen LogP contribution in [0.1, 0.15) is 12.5 Å². The molecule has 0 amide bonds. The van der Waals surface area contributed by atoms with Crippen molar-refractivity contribution in [2.24, 2.45) is 0 Å². The van der Waals surface area contributed by atoms with Gasteiger partial charge in [-0.15, -0.1) is 12.1 Å². The first-order valence-corrected chi connectivity index (χ1v) is 4.17. The van der Waals surface area contributed by atoms with Crippen LogP contribution in [0.3, 0.4) is 0 Å². The predicted molar refractivity (Wildman–Crippen MR) is 48.6 cm³/mol. The molecular weight excluding hydrogens is 253 g/mol. The monoisotopic (exact) mass is 262 g/mol. The van der Waals surface area contributed by atoms with E-state index in [2.05, 4.69) is 6.08 Å². The van der Waals surface area contributed by atoms with E-state index >= 15 is 0 Å². The Morgan fingerprint density at radius 1 is 1.29 bits per heavy atom. The van der Waals surface area contributed by atoms with Crippen molar-refractivity contribution in [1.29, 1.82) is 0 Å². The molecule has 1 aliphatic rings. The van der Waals surface area contributed by atoms with E-state index < -0.39 is 0 Å². The molecule has 1 aliphatic heterocycles. The van der Waals surface area contributed by atoms with Gasteiger partial charge in [-0.1, -0.05) is 18.2 Å². The van der Waals surface area contributed by atoms with Gasteiger partial charge < -0.3 is 4.74 Å². The first-order valence-electron chi connectivity index (χ1n) is 4.17. The van der Waals surface area contributed by atoms with Gasteiger partial charge in [0.1, 0.15) is 0 Å². The van der Waals surface area contributed by atoms with Crippen LogP contribution in [-0.2, 0) is 42.2 Å². The Balaban J connectivity index is 0.000000980. The number of ether oxygens (including phenoxy) is 1. The van der Waals surface area contributed by atoms with Gasteiger partial charge in [0.15, 0.2) is 0 Å². The molecule has 0 fully saturated rings. The summed E-state index contributed by atoms with van der Waals surface area (Å²) in [6.45, 7) is 1.85. The van der Waals surface area contributed by atoms with Crippen LogP contribution in [-0.4, -0.2) is 12.1 Å². The summed E-state index contributed by atoms with van der Waals surface area (Å²) in [7, 11) is 0. The maximum absolute atomic E-state index is 10.9. The van der Waals surface area contributed by atoms with Crippen LogP contribution in [0.25, 0.3) is 5.57 Å². The average molecular weight is 262 g/mol. The van der Waals surface area contributed by atoms with E-state index in [-0.39, 0.29) is 44.8 Å². The Labute approximate surface area is 108 Å². The second-order valence-corrected chi connectivity index (χ2v) is 2.95. The number of carbonyl (C=O) groups excluding carboxylic acids is 1. The van der Waals surface area contributed by atoms with Gasteiger partial charge in [-0.25, -0.2) is 0 Å². The summed E-state index contributed by atoms with van der Waals surface area (Å²) in [6.07, 6.45) is 2.50. The molecule has 0 N–H and O–H groups in total. The topological polar surface area (TPSA) is 26.3 Å². The number of rotatable bonds is 1. The van der Waals surface area contributed by atoms with E-state index in [1.807, 2.05) is 37.3 Å². The summed E-state index contributed by atoms with van der Waals surface area (Å²) >= 11 is 0. The van der Waals surface area contributed by atoms with Crippen molar-refractivity contribution in [3.63, 3.8) is 0 Å². The Hall–Kier alpha value is -0.466. The zero-order valence-electron chi connectivity index (χ0n) is 7.86. The van der Waals surface area contributed by atoms with Crippen LogP contribution in [0, 0.1) is 6.08 Å². The van der Waals surface area contributed by atoms with Crippen LogP contribution in [0.4, 0.5) is 0 Å². The molecule has 3 heteroatoms. The Kier molecular flexibility index (Phi) is 4.02. The third-order valence-electron chi connectivity index (χ3n) is 2.01. The van der Waals surface area contributed by atoms with Crippen LogP contribution < -0.4 is 0 Å². The van der Waals surface area contributed by atoms with Gasteiger partial charge in [-0.2, -0.15) is 17.2 Å². The van der Waals surface area contributed by atoms with Crippen LogP contribution in [0.5, 0.6) is 0 Å². The standard InChI is InChI=1S/C11H9O2.Y/c1-8-10(7-11(12)13-8)9-5-3-2-4-6-9;/h2-6,8H,1H3;/q-1;. The first-order chi connectivity index (χ1) is 6.27. The summed E-state index contributed by atoms with van der Waals surface area (Å²) in [5.74, 6) is -0.369. The molecule has 0 spiro atoms. The van der Waals surface area contributed by atoms with Crippen LogP contribution in [0.2, 0.25) is 0 Å². The molecule has 2 rings (SSSR count). The summed E-state index contributed by atoms with van der Waals surface area (Å²) in [5, 5.41) is 0. The molecule has 1 aromatic rings. The fourth-order valence-corrected chi connectivity index (χ4v) is 1.39. The van der Waals surface area contributed by atoms with Crippen molar-refractivity contribution in [3.8, 4) is 0 Å². The smallest absolute Gasteiger partial charge is 0.238 e. The number of cyclic esters (lactones) is 1. The molecule has 0 saturated heterocycles. The van der Waals surface area contributed by atoms with Crippen molar-refractivity contribution < 1.29 is 42.2 Å². The van der Waals surface area contributed by atoms with E-state index in [0.717, 1.165) is 11.1 Å². The molecule has 1 heterocycles. The Morgan fingerprint density at radius 3 is 2.43 bits per heavy atom. The molecule has 0 aliphatic carbocycles. The molecule has 1 aromatic carbocycles. The van der Waals surface area contributed by atoms with Crippen molar-refractivity contribution in [2.75, 3.05) is 0 Å². The molecule has 0 bridgehead atoms. The van der Waals surface area contributed by atoms with Crippen molar-refractivity contribution in [1.82, 2.24) is 0 Å². The maximum atomic E-state index is 10.9. The summed E-state index contributed by atoms with van der Waals surface area (Å²) in [6, 6.07) is 9.69. The zero-order valence-corrected chi connectivity index (χ0v) is 10.7. The number of hydrogen-bond acceptors (Lipinski definition) is 2. The summed E-state index contributed by atoms with van der Waals surface area (Å²) < 4.78 is 4.94. The SMILES string of the molecule is CC1OC(=O)[C-]=C1c1ccccc1.[Y]. The van der Waals surface area contributed by atoms with Crippen molar-refractivity contribution >= 4 is 11.5 Å². The molecule has 2 nitrogen and oxygen atoms in total. The minimum atomic E-state index is -0.369. The minimum Gasteiger partial charge on any atom is -0.472 e. The van der Waals surface area contributed by atoms with E-state index in [1.54, 1.807) is 0 Å². The summed E-state index contributed by atoms with van der Waals surface area (Å²) in [4.78, 5) is 10.9. The van der Waals surface area contributed by atoms with E-state index in [4.69, 9.17) is 4.74 Å². The van der Waals surface area contributed by atoms with Gasteiger partial charge in [0.25, 0.3) is 0 Å². The minimum absolute atomic E-state index is 0. The number of benzene rings is 1. The maximum Gasteiger partial charge on any atom is 0.238 e. The van der Waals surface area contributed by atoms with Gasteiger partial charge in [0.05, 0.1) is 6.10 Å². The third kappa shape index (κ3) is 2.31. The van der Waals surface area contributed by atoms with E-state index in [0.29, 0.717) is 0 Å². The molecule has 1 atom stereocenters. The summed E-state index contributed by atoms with van der Waals surface area (Å²) in [5.41, 5.74) is 1.84. The number of hydrogen-bond donors (Lipinski definition) is 0. The number of esters is 1. The van der Waals surface area contributed by atoms with Gasteiger partial charge in [0.2, 0.25) is 5.97 Å². The fraction of sp³-hybridized carbons (Fsp3) is 0.182. The largest absolute Gasteiger partial charge is 0.472 e. The first kappa shape index (κ1) is 11.6. The molecule has 0 saturated carbocycles. The van der Waals surface area contributed by atoms with Gasteiger partial charge >= 0.3 is 0 Å². The third-order valence-corrected chi connectivity index (χ3v) is 2.01. The average Bonchev–Trinajstić information content (AvgIpc) is 2.47. The van der Waals surface area contributed by atoms with E-state index in [9.17, 15) is 4.79 Å². The fourth-order valence-electron chi connectivity index (χ4n) is 1.39. The van der Waals surface area contributed by atoms with Crippen LogP contribution in [0.15, 0.2) is 30.3 Å². The van der Waals surface area contributed by atoms with Crippen LogP contribution >= 0.6 is 0 Å². The van der Waals surface area contributed by atoms with Crippen molar-refractivity contribution in [3.05, 3.63) is 42.0 Å². The molecule has 1 radical (unpaired) electrons. The second kappa shape index (κ2) is 4.85.